The quantitative estimate of drug-likeness (QED) is 0.566. The van der Waals surface area contributed by atoms with E-state index in [1.807, 2.05) is 30.6 Å². The smallest absolute Gasteiger partial charge is 0.273 e. The number of ether oxygens (including phenoxy) is 2. The third-order valence-corrected chi connectivity index (χ3v) is 6.90. The van der Waals surface area contributed by atoms with Gasteiger partial charge in [-0.15, -0.1) is 6.58 Å². The predicted molar refractivity (Wildman–Crippen MR) is 131 cm³/mol. The Morgan fingerprint density at radius 2 is 2.15 bits per heavy atom. The molecule has 2 aliphatic rings. The van der Waals surface area contributed by atoms with E-state index in [2.05, 4.69) is 48.6 Å². The highest BCUT2D eigenvalue weighted by Crippen LogP contribution is 2.40. The molecule has 0 amide bonds. The van der Waals surface area contributed by atoms with Crippen molar-refractivity contribution < 1.29 is 9.47 Å². The van der Waals surface area contributed by atoms with Crippen LogP contribution in [-0.2, 0) is 24.8 Å². The number of hydrogen-bond donors (Lipinski definition) is 1. The summed E-state index contributed by atoms with van der Waals surface area (Å²) in [4.78, 5) is 21.6. The van der Waals surface area contributed by atoms with Crippen molar-refractivity contribution in [1.82, 2.24) is 14.5 Å². The van der Waals surface area contributed by atoms with Crippen molar-refractivity contribution in [2.45, 2.75) is 64.5 Å². The molecule has 3 aromatic rings. The van der Waals surface area contributed by atoms with Crippen LogP contribution in [0.25, 0.3) is 17.0 Å². The summed E-state index contributed by atoms with van der Waals surface area (Å²) in [7, 11) is 1.62. The number of benzene rings is 1. The number of fused-ring (bicyclic) bond motifs is 4. The normalized spacial score (nSPS) is 16.4. The molecular formula is C27H31N3O3. The summed E-state index contributed by atoms with van der Waals surface area (Å²) in [6.45, 7) is 13.1. The van der Waals surface area contributed by atoms with Gasteiger partial charge in [-0.05, 0) is 56.5 Å². The number of nitrogens with zero attached hydrogens (tertiary/aromatic N) is 2. The van der Waals surface area contributed by atoms with Crippen molar-refractivity contribution in [3.63, 3.8) is 0 Å². The molecule has 33 heavy (non-hydrogen) atoms. The lowest BCUT2D eigenvalue weighted by Gasteiger charge is -2.28. The minimum absolute atomic E-state index is 0.0250. The largest absolute Gasteiger partial charge is 0.483 e. The van der Waals surface area contributed by atoms with Crippen molar-refractivity contribution in [3.05, 3.63) is 69.4 Å². The van der Waals surface area contributed by atoms with E-state index in [4.69, 9.17) is 9.47 Å². The fraction of sp³-hybridized carbons (Fsp3) is 0.407. The van der Waals surface area contributed by atoms with Gasteiger partial charge >= 0.3 is 0 Å². The number of aromatic nitrogens is 3. The van der Waals surface area contributed by atoms with Crippen LogP contribution in [0.5, 0.6) is 11.6 Å². The lowest BCUT2D eigenvalue weighted by molar-refractivity contribution is 0.159. The van der Waals surface area contributed by atoms with Crippen molar-refractivity contribution >= 4 is 17.0 Å². The molecule has 2 aromatic heterocycles. The van der Waals surface area contributed by atoms with Crippen LogP contribution in [0.15, 0.2) is 35.7 Å². The van der Waals surface area contributed by atoms with Crippen LogP contribution in [0, 0.1) is 0 Å². The first-order valence-corrected chi connectivity index (χ1v) is 11.5. The number of H-pyrrole nitrogens is 1. The molecule has 0 saturated heterocycles. The zero-order valence-electron chi connectivity index (χ0n) is 20.0. The van der Waals surface area contributed by atoms with Gasteiger partial charge in [0.25, 0.3) is 5.56 Å². The van der Waals surface area contributed by atoms with Crippen molar-refractivity contribution in [3.8, 4) is 11.6 Å². The summed E-state index contributed by atoms with van der Waals surface area (Å²) < 4.78 is 13.6. The van der Waals surface area contributed by atoms with Crippen LogP contribution in [0.3, 0.4) is 0 Å². The average molecular weight is 446 g/mol. The second kappa shape index (κ2) is 7.37. The molecule has 0 fully saturated rings. The van der Waals surface area contributed by atoms with Crippen LogP contribution in [-0.4, -0.2) is 27.2 Å². The lowest BCUT2D eigenvalue weighted by atomic mass is 9.85. The molecule has 1 N–H and O–H groups in total. The fourth-order valence-electron chi connectivity index (χ4n) is 4.97. The molecule has 5 rings (SSSR count). The van der Waals surface area contributed by atoms with E-state index in [9.17, 15) is 4.79 Å². The average Bonchev–Trinajstić information content (AvgIpc) is 3.41. The van der Waals surface area contributed by atoms with Gasteiger partial charge in [-0.3, -0.25) is 4.79 Å². The molecule has 0 bridgehead atoms. The molecule has 172 valence electrons. The van der Waals surface area contributed by atoms with E-state index in [0.717, 1.165) is 52.0 Å². The standard InChI is InChI=1S/C27H31N3O3/c1-7-26(2,3)23-18(15-19-25(31)30-14-8-9-20(30)24(28-19)32-6)16-10-11-21-17(22(16)29-23)12-13-27(4,5)33-21/h7,10-13,29H,1,8-9,14-15H2,2-6H3. The van der Waals surface area contributed by atoms with Gasteiger partial charge in [0.15, 0.2) is 0 Å². The van der Waals surface area contributed by atoms with Gasteiger partial charge in [-0.25, -0.2) is 4.98 Å². The van der Waals surface area contributed by atoms with Crippen LogP contribution in [0.1, 0.15) is 62.3 Å². The maximum absolute atomic E-state index is 13.3. The van der Waals surface area contributed by atoms with E-state index in [-0.39, 0.29) is 16.6 Å². The zero-order valence-corrected chi connectivity index (χ0v) is 20.0. The van der Waals surface area contributed by atoms with Crippen molar-refractivity contribution in [2.24, 2.45) is 0 Å². The predicted octanol–water partition coefficient (Wildman–Crippen LogP) is 4.92. The highest BCUT2D eigenvalue weighted by molar-refractivity contribution is 5.95. The molecule has 0 saturated carbocycles. The Bertz CT molecular complexity index is 1370. The van der Waals surface area contributed by atoms with E-state index in [0.29, 0.717) is 24.5 Å². The van der Waals surface area contributed by atoms with Crippen molar-refractivity contribution in [1.29, 1.82) is 0 Å². The number of methoxy groups -OCH3 is 1. The molecule has 6 nitrogen and oxygen atoms in total. The van der Waals surface area contributed by atoms with Gasteiger partial charge in [0, 0.05) is 35.0 Å². The van der Waals surface area contributed by atoms with E-state index >= 15 is 0 Å². The highest BCUT2D eigenvalue weighted by atomic mass is 16.5. The van der Waals surface area contributed by atoms with Crippen LogP contribution in [0.2, 0.25) is 0 Å². The molecule has 4 heterocycles. The lowest BCUT2D eigenvalue weighted by Crippen LogP contribution is -2.27. The Hall–Kier alpha value is -3.28. The van der Waals surface area contributed by atoms with E-state index in [1.54, 1.807) is 7.11 Å². The third-order valence-electron chi connectivity index (χ3n) is 6.90. The molecule has 6 heteroatoms. The second-order valence-corrected chi connectivity index (χ2v) is 10.1. The zero-order chi connectivity index (χ0) is 23.5. The molecule has 0 aliphatic carbocycles. The first-order chi connectivity index (χ1) is 15.6. The van der Waals surface area contributed by atoms with Gasteiger partial charge in [-0.2, -0.15) is 0 Å². The Kier molecular flexibility index (Phi) is 4.82. The van der Waals surface area contributed by atoms with Gasteiger partial charge in [-0.1, -0.05) is 19.9 Å². The Balaban J connectivity index is 1.73. The Morgan fingerprint density at radius 1 is 1.36 bits per heavy atom. The number of hydrogen-bond acceptors (Lipinski definition) is 4. The van der Waals surface area contributed by atoms with E-state index in [1.165, 1.54) is 0 Å². The summed E-state index contributed by atoms with van der Waals surface area (Å²) in [6, 6.07) is 4.11. The van der Waals surface area contributed by atoms with Crippen LogP contribution >= 0.6 is 0 Å². The van der Waals surface area contributed by atoms with Crippen LogP contribution in [0.4, 0.5) is 0 Å². The maximum atomic E-state index is 13.3. The molecule has 0 unspecified atom stereocenters. The minimum atomic E-state index is -0.348. The molecule has 1 aromatic carbocycles. The SMILES string of the molecule is C=CC(C)(C)c1[nH]c2c3c(ccc2c1Cc1nc(OC)c2n(c1=O)CCC2)OC(C)(C)C=C3. The maximum Gasteiger partial charge on any atom is 0.273 e. The minimum Gasteiger partial charge on any atom is -0.483 e. The fourth-order valence-corrected chi connectivity index (χ4v) is 4.97. The summed E-state index contributed by atoms with van der Waals surface area (Å²) in [5.74, 6) is 1.41. The number of nitrogens with one attached hydrogen (secondary N) is 1. The van der Waals surface area contributed by atoms with E-state index < -0.39 is 0 Å². The number of allylic oxidation sites excluding steroid dienone is 1. The van der Waals surface area contributed by atoms with Crippen molar-refractivity contribution in [2.75, 3.05) is 7.11 Å². The topological polar surface area (TPSA) is 69.1 Å². The van der Waals surface area contributed by atoms with Gasteiger partial charge in [0.2, 0.25) is 5.88 Å². The Labute approximate surface area is 194 Å². The second-order valence-electron chi connectivity index (χ2n) is 10.1. The van der Waals surface area contributed by atoms with Crippen LogP contribution < -0.4 is 15.0 Å². The molecule has 0 radical (unpaired) electrons. The summed E-state index contributed by atoms with van der Waals surface area (Å²) >= 11 is 0. The van der Waals surface area contributed by atoms with Gasteiger partial charge in [0.05, 0.1) is 18.3 Å². The van der Waals surface area contributed by atoms with Gasteiger partial charge < -0.3 is 19.0 Å². The number of aromatic amines is 1. The first kappa shape index (κ1) is 21.6. The molecule has 0 atom stereocenters. The molecule has 2 aliphatic heterocycles. The third kappa shape index (κ3) is 3.39. The summed E-state index contributed by atoms with van der Waals surface area (Å²) in [6.07, 6.45) is 8.31. The first-order valence-electron chi connectivity index (χ1n) is 11.5. The molecule has 0 spiro atoms. The highest BCUT2D eigenvalue weighted by Gasteiger charge is 2.30. The summed E-state index contributed by atoms with van der Waals surface area (Å²) in [5, 5.41) is 1.07. The monoisotopic (exact) mass is 445 g/mol. The summed E-state index contributed by atoms with van der Waals surface area (Å²) in [5.41, 5.74) is 4.83. The number of rotatable bonds is 5. The Morgan fingerprint density at radius 3 is 2.88 bits per heavy atom. The molecular weight excluding hydrogens is 414 g/mol. The van der Waals surface area contributed by atoms with Gasteiger partial charge in [0.1, 0.15) is 17.0 Å².